The van der Waals surface area contributed by atoms with Crippen LogP contribution < -0.4 is 0 Å². The van der Waals surface area contributed by atoms with Crippen molar-refractivity contribution in [2.45, 2.75) is 0 Å². The summed E-state index contributed by atoms with van der Waals surface area (Å²) in [6.45, 7) is 3.36. The molecule has 0 bridgehead atoms. The Balaban J connectivity index is 2.05. The molecule has 1 aromatic heterocycles. The number of piperazine rings is 1. The molecular weight excluding hydrogens is 285 g/mol. The zero-order valence-corrected chi connectivity index (χ0v) is 11.8. The summed E-state index contributed by atoms with van der Waals surface area (Å²) >= 11 is 11.8. The van der Waals surface area contributed by atoms with Crippen molar-refractivity contribution >= 4 is 29.1 Å². The summed E-state index contributed by atoms with van der Waals surface area (Å²) in [4.78, 5) is 20.1. The van der Waals surface area contributed by atoms with E-state index >= 15 is 0 Å². The van der Waals surface area contributed by atoms with Gasteiger partial charge in [-0.25, -0.2) is 4.98 Å². The molecule has 0 spiro atoms. The van der Waals surface area contributed by atoms with Crippen molar-refractivity contribution in [1.82, 2.24) is 14.8 Å². The van der Waals surface area contributed by atoms with Crippen LogP contribution in [0.3, 0.4) is 0 Å². The van der Waals surface area contributed by atoms with Crippen LogP contribution in [0.15, 0.2) is 12.1 Å². The van der Waals surface area contributed by atoms with E-state index in [0.717, 1.165) is 13.1 Å². The van der Waals surface area contributed by atoms with Crippen molar-refractivity contribution in [2.24, 2.45) is 0 Å². The predicted octanol–water partition coefficient (Wildman–Crippen LogP) is 1.78. The van der Waals surface area contributed by atoms with Gasteiger partial charge in [0, 0.05) is 26.2 Å². The molecule has 0 aromatic carbocycles. The first-order valence-electron chi connectivity index (χ1n) is 5.89. The molecular formula is C13H13Cl2N3O. The van der Waals surface area contributed by atoms with Gasteiger partial charge in [0.1, 0.15) is 10.8 Å². The van der Waals surface area contributed by atoms with Crippen LogP contribution in [0.4, 0.5) is 0 Å². The third kappa shape index (κ3) is 3.38. The molecule has 2 rings (SSSR count). The maximum Gasteiger partial charge on any atom is 0.274 e. The van der Waals surface area contributed by atoms with Gasteiger partial charge in [-0.2, -0.15) is 0 Å². The lowest BCUT2D eigenvalue weighted by molar-refractivity contribution is 0.0646. The molecule has 0 aliphatic carbocycles. The Morgan fingerprint density at radius 1 is 1.32 bits per heavy atom. The second kappa shape index (κ2) is 6.25. The lowest BCUT2D eigenvalue weighted by Crippen LogP contribution is -2.48. The van der Waals surface area contributed by atoms with Gasteiger partial charge in [0.05, 0.1) is 11.6 Å². The second-order valence-electron chi connectivity index (χ2n) is 4.24. The van der Waals surface area contributed by atoms with E-state index in [9.17, 15) is 4.79 Å². The highest BCUT2D eigenvalue weighted by Crippen LogP contribution is 2.19. The average Bonchev–Trinajstić information content (AvgIpc) is 2.42. The number of carbonyl (C=O) groups is 1. The lowest BCUT2D eigenvalue weighted by atomic mass is 10.2. The van der Waals surface area contributed by atoms with Crippen LogP contribution in [0.5, 0.6) is 0 Å². The van der Waals surface area contributed by atoms with E-state index < -0.39 is 0 Å². The Kier molecular flexibility index (Phi) is 4.65. The highest BCUT2D eigenvalue weighted by atomic mass is 35.5. The summed E-state index contributed by atoms with van der Waals surface area (Å²) in [5, 5.41) is 0.583. The van der Waals surface area contributed by atoms with Crippen LogP contribution in [0.1, 0.15) is 10.5 Å². The van der Waals surface area contributed by atoms with Crippen molar-refractivity contribution in [3.05, 3.63) is 28.0 Å². The molecule has 1 amide bonds. The molecule has 1 aliphatic heterocycles. The molecule has 100 valence electrons. The van der Waals surface area contributed by atoms with Gasteiger partial charge in [0.25, 0.3) is 5.91 Å². The van der Waals surface area contributed by atoms with Crippen LogP contribution in [0, 0.1) is 12.3 Å². The van der Waals surface area contributed by atoms with Crippen LogP contribution >= 0.6 is 23.2 Å². The van der Waals surface area contributed by atoms with E-state index in [-0.39, 0.29) is 16.8 Å². The van der Waals surface area contributed by atoms with Crippen LogP contribution in [0.2, 0.25) is 10.2 Å². The number of hydrogen-bond donors (Lipinski definition) is 0. The van der Waals surface area contributed by atoms with Gasteiger partial charge < -0.3 is 4.90 Å². The maximum atomic E-state index is 12.3. The molecule has 0 radical (unpaired) electrons. The summed E-state index contributed by atoms with van der Waals surface area (Å²) in [6, 6.07) is 3.14. The number of hydrogen-bond acceptors (Lipinski definition) is 3. The molecule has 2 heterocycles. The minimum absolute atomic E-state index is 0.187. The molecule has 6 heteroatoms. The largest absolute Gasteiger partial charge is 0.335 e. The molecule has 0 atom stereocenters. The van der Waals surface area contributed by atoms with Crippen LogP contribution in [-0.4, -0.2) is 53.4 Å². The van der Waals surface area contributed by atoms with E-state index in [1.807, 2.05) is 0 Å². The highest BCUT2D eigenvalue weighted by Gasteiger charge is 2.24. The number of halogens is 2. The van der Waals surface area contributed by atoms with Gasteiger partial charge in [-0.15, -0.1) is 6.42 Å². The maximum absolute atomic E-state index is 12.3. The number of nitrogens with zero attached hydrogens (tertiary/aromatic N) is 3. The number of pyridine rings is 1. The number of rotatable bonds is 2. The van der Waals surface area contributed by atoms with Crippen molar-refractivity contribution < 1.29 is 4.79 Å². The van der Waals surface area contributed by atoms with Crippen molar-refractivity contribution in [1.29, 1.82) is 0 Å². The van der Waals surface area contributed by atoms with E-state index in [1.165, 1.54) is 0 Å². The summed E-state index contributed by atoms with van der Waals surface area (Å²) < 4.78 is 0. The summed E-state index contributed by atoms with van der Waals surface area (Å²) in [6.07, 6.45) is 5.27. The fourth-order valence-electron chi connectivity index (χ4n) is 1.96. The Bertz CT molecular complexity index is 519. The van der Waals surface area contributed by atoms with Crippen molar-refractivity contribution in [3.8, 4) is 12.3 Å². The van der Waals surface area contributed by atoms with Gasteiger partial charge in [-0.05, 0) is 12.1 Å². The van der Waals surface area contributed by atoms with Gasteiger partial charge in [0.15, 0.2) is 0 Å². The molecule has 1 saturated heterocycles. The topological polar surface area (TPSA) is 36.4 Å². The van der Waals surface area contributed by atoms with E-state index in [2.05, 4.69) is 15.8 Å². The first kappa shape index (κ1) is 14.1. The normalized spacial score (nSPS) is 16.2. The standard InChI is InChI=1S/C13H13Cl2N3O/c1-2-5-17-6-8-18(9-7-17)13(19)12-10(14)3-4-11(15)16-12/h1,3-4H,5-9H2. The molecule has 1 fully saturated rings. The van der Waals surface area contributed by atoms with Gasteiger partial charge >= 0.3 is 0 Å². The Morgan fingerprint density at radius 3 is 2.63 bits per heavy atom. The summed E-state index contributed by atoms with van der Waals surface area (Å²) in [7, 11) is 0. The van der Waals surface area contributed by atoms with Crippen molar-refractivity contribution in [2.75, 3.05) is 32.7 Å². The Morgan fingerprint density at radius 2 is 2.00 bits per heavy atom. The first-order valence-corrected chi connectivity index (χ1v) is 6.64. The number of carbonyl (C=O) groups excluding carboxylic acids is 1. The fraction of sp³-hybridized carbons (Fsp3) is 0.385. The molecule has 0 saturated carbocycles. The summed E-state index contributed by atoms with van der Waals surface area (Å²) in [5.74, 6) is 2.41. The predicted molar refractivity (Wildman–Crippen MR) is 75.4 cm³/mol. The number of aromatic nitrogens is 1. The Hall–Kier alpha value is -1.28. The quantitative estimate of drug-likeness (QED) is 0.617. The minimum atomic E-state index is -0.187. The number of amides is 1. The fourth-order valence-corrected chi connectivity index (χ4v) is 2.29. The zero-order valence-electron chi connectivity index (χ0n) is 10.3. The third-order valence-corrected chi connectivity index (χ3v) is 3.50. The summed E-state index contributed by atoms with van der Waals surface area (Å²) in [5.41, 5.74) is 0.208. The molecule has 1 aliphatic rings. The van der Waals surface area contributed by atoms with Gasteiger partial charge in [0.2, 0.25) is 0 Å². The van der Waals surface area contributed by atoms with E-state index in [0.29, 0.717) is 24.7 Å². The van der Waals surface area contributed by atoms with E-state index in [4.69, 9.17) is 29.6 Å². The number of terminal acetylenes is 1. The van der Waals surface area contributed by atoms with E-state index in [1.54, 1.807) is 17.0 Å². The molecule has 19 heavy (non-hydrogen) atoms. The lowest BCUT2D eigenvalue weighted by Gasteiger charge is -2.33. The van der Waals surface area contributed by atoms with Crippen LogP contribution in [0.25, 0.3) is 0 Å². The third-order valence-electron chi connectivity index (χ3n) is 2.99. The smallest absolute Gasteiger partial charge is 0.274 e. The average molecular weight is 298 g/mol. The second-order valence-corrected chi connectivity index (χ2v) is 5.03. The first-order chi connectivity index (χ1) is 9.11. The van der Waals surface area contributed by atoms with Crippen molar-refractivity contribution in [3.63, 3.8) is 0 Å². The molecule has 0 unspecified atom stereocenters. The molecule has 0 N–H and O–H groups in total. The van der Waals surface area contributed by atoms with Gasteiger partial charge in [-0.3, -0.25) is 9.69 Å². The molecule has 4 nitrogen and oxygen atoms in total. The minimum Gasteiger partial charge on any atom is -0.335 e. The SMILES string of the molecule is C#CCN1CCN(C(=O)c2nc(Cl)ccc2Cl)CC1. The zero-order chi connectivity index (χ0) is 13.8. The highest BCUT2D eigenvalue weighted by molar-refractivity contribution is 6.34. The van der Waals surface area contributed by atoms with Gasteiger partial charge in [-0.1, -0.05) is 29.1 Å². The Labute approximate surface area is 122 Å². The van der Waals surface area contributed by atoms with Crippen LogP contribution in [-0.2, 0) is 0 Å². The monoisotopic (exact) mass is 297 g/mol. The molecule has 1 aromatic rings.